The molecule has 3 heterocycles. The van der Waals surface area contributed by atoms with Crippen LogP contribution in [0.15, 0.2) is 24.3 Å². The number of rotatable bonds is 4. The lowest BCUT2D eigenvalue weighted by molar-refractivity contribution is -0.142. The maximum absolute atomic E-state index is 13.9. The first-order chi connectivity index (χ1) is 13.7. The molecule has 1 aromatic rings. The van der Waals surface area contributed by atoms with Crippen molar-refractivity contribution in [1.82, 2.24) is 14.7 Å². The monoisotopic (exact) mass is 389 g/mol. The molecule has 5 nitrogen and oxygen atoms in total. The second kappa shape index (κ2) is 9.33. The van der Waals surface area contributed by atoms with Crippen molar-refractivity contribution in [2.75, 3.05) is 52.5 Å². The van der Waals surface area contributed by atoms with Gasteiger partial charge in [0.25, 0.3) is 0 Å². The fraction of sp³-hybridized carbons (Fsp3) is 0.682. The summed E-state index contributed by atoms with van der Waals surface area (Å²) in [5.74, 6) is 0.360. The number of likely N-dealkylation sites (tertiary alicyclic amines) is 2. The molecule has 1 aromatic carbocycles. The highest BCUT2D eigenvalue weighted by molar-refractivity contribution is 5.79. The van der Waals surface area contributed by atoms with Crippen LogP contribution in [0.5, 0.6) is 0 Å². The number of halogens is 1. The van der Waals surface area contributed by atoms with Crippen LogP contribution in [0.2, 0.25) is 0 Å². The topological polar surface area (TPSA) is 36.0 Å². The van der Waals surface area contributed by atoms with Crippen LogP contribution < -0.4 is 0 Å². The Balaban J connectivity index is 1.27. The van der Waals surface area contributed by atoms with Gasteiger partial charge in [0.1, 0.15) is 5.82 Å². The molecule has 154 valence electrons. The molecule has 0 spiro atoms. The third kappa shape index (κ3) is 4.73. The zero-order valence-electron chi connectivity index (χ0n) is 16.7. The molecule has 3 saturated heterocycles. The molecule has 0 aliphatic carbocycles. The number of nitrogens with zero attached hydrogens (tertiary/aromatic N) is 3. The van der Waals surface area contributed by atoms with Crippen LogP contribution in [-0.2, 0) is 16.1 Å². The summed E-state index contributed by atoms with van der Waals surface area (Å²) in [5.41, 5.74) is 0.787. The zero-order chi connectivity index (χ0) is 19.3. The van der Waals surface area contributed by atoms with Gasteiger partial charge >= 0.3 is 0 Å². The van der Waals surface area contributed by atoms with E-state index < -0.39 is 0 Å². The van der Waals surface area contributed by atoms with Crippen LogP contribution in [-0.4, -0.2) is 79.1 Å². The quantitative estimate of drug-likeness (QED) is 0.792. The number of amides is 1. The number of carbonyl (C=O) groups is 1. The Hall–Kier alpha value is -1.50. The molecule has 3 fully saturated rings. The third-order valence-corrected chi connectivity index (χ3v) is 6.55. The number of ether oxygens (including phenoxy) is 1. The summed E-state index contributed by atoms with van der Waals surface area (Å²) in [4.78, 5) is 19.8. The van der Waals surface area contributed by atoms with Crippen LogP contribution >= 0.6 is 0 Å². The molecule has 0 aromatic heterocycles. The van der Waals surface area contributed by atoms with Gasteiger partial charge in [0, 0.05) is 37.8 Å². The van der Waals surface area contributed by atoms with Crippen molar-refractivity contribution in [2.24, 2.45) is 5.92 Å². The lowest BCUT2D eigenvalue weighted by atomic mass is 9.92. The predicted octanol–water partition coefficient (Wildman–Crippen LogP) is 2.36. The highest BCUT2D eigenvalue weighted by Gasteiger charge is 2.33. The van der Waals surface area contributed by atoms with Crippen molar-refractivity contribution in [3.05, 3.63) is 35.6 Å². The van der Waals surface area contributed by atoms with Crippen LogP contribution in [0.1, 0.15) is 31.2 Å². The summed E-state index contributed by atoms with van der Waals surface area (Å²) >= 11 is 0. The van der Waals surface area contributed by atoms with Gasteiger partial charge in [-0.2, -0.15) is 0 Å². The molecule has 0 N–H and O–H groups in total. The number of morpholine rings is 1. The average Bonchev–Trinajstić information content (AvgIpc) is 2.76. The van der Waals surface area contributed by atoms with Gasteiger partial charge in [0.2, 0.25) is 5.91 Å². The molecule has 3 aliphatic rings. The molecule has 1 atom stereocenters. The van der Waals surface area contributed by atoms with Gasteiger partial charge < -0.3 is 9.64 Å². The lowest BCUT2D eigenvalue weighted by Crippen LogP contribution is -2.52. The van der Waals surface area contributed by atoms with E-state index in [9.17, 15) is 9.18 Å². The molecule has 0 radical (unpaired) electrons. The molecular formula is C22H32FN3O2. The molecule has 3 aliphatic heterocycles. The van der Waals surface area contributed by atoms with Crippen LogP contribution in [0.4, 0.5) is 4.39 Å². The van der Waals surface area contributed by atoms with E-state index in [4.69, 9.17) is 4.74 Å². The van der Waals surface area contributed by atoms with Gasteiger partial charge in [-0.25, -0.2) is 4.39 Å². The molecule has 4 rings (SSSR count). The van der Waals surface area contributed by atoms with Gasteiger partial charge in [-0.05, 0) is 51.4 Å². The smallest absolute Gasteiger partial charge is 0.227 e. The lowest BCUT2D eigenvalue weighted by Gasteiger charge is -2.43. The summed E-state index contributed by atoms with van der Waals surface area (Å²) in [5, 5.41) is 0. The number of benzene rings is 1. The van der Waals surface area contributed by atoms with E-state index in [1.54, 1.807) is 12.1 Å². The van der Waals surface area contributed by atoms with Crippen molar-refractivity contribution in [1.29, 1.82) is 0 Å². The largest absolute Gasteiger partial charge is 0.378 e. The van der Waals surface area contributed by atoms with Crippen molar-refractivity contribution in [2.45, 2.75) is 38.3 Å². The minimum atomic E-state index is -0.106. The standard InChI is InChI=1S/C22H32FN3O2/c23-21-6-2-1-4-18(21)16-24-10-7-20(8-11-24)26-9-3-5-19(17-26)22(27)25-12-14-28-15-13-25/h1-2,4,6,19-20H,3,5,7-17H2/t19-/m0/s1. The van der Waals surface area contributed by atoms with Crippen molar-refractivity contribution in [3.8, 4) is 0 Å². The van der Waals surface area contributed by atoms with Crippen LogP contribution in [0.3, 0.4) is 0 Å². The van der Waals surface area contributed by atoms with Crippen molar-refractivity contribution in [3.63, 3.8) is 0 Å². The highest BCUT2D eigenvalue weighted by Crippen LogP contribution is 2.26. The van der Waals surface area contributed by atoms with Crippen LogP contribution in [0.25, 0.3) is 0 Å². The molecule has 0 bridgehead atoms. The van der Waals surface area contributed by atoms with E-state index >= 15 is 0 Å². The average molecular weight is 390 g/mol. The Morgan fingerprint density at radius 3 is 2.54 bits per heavy atom. The summed E-state index contributed by atoms with van der Waals surface area (Å²) < 4.78 is 19.3. The molecule has 1 amide bonds. The van der Waals surface area contributed by atoms with E-state index in [2.05, 4.69) is 9.80 Å². The minimum absolute atomic E-state index is 0.106. The highest BCUT2D eigenvalue weighted by atomic mass is 19.1. The number of carbonyl (C=O) groups excluding carboxylic acids is 1. The van der Waals surface area contributed by atoms with Gasteiger partial charge in [-0.3, -0.25) is 14.6 Å². The molecule has 0 unspecified atom stereocenters. The number of hydrogen-bond donors (Lipinski definition) is 0. The van der Waals surface area contributed by atoms with Gasteiger partial charge in [0.05, 0.1) is 19.1 Å². The summed E-state index contributed by atoms with van der Waals surface area (Å²) in [6.45, 7) is 7.50. The molecule has 6 heteroatoms. The van der Waals surface area contributed by atoms with Gasteiger partial charge in [0.15, 0.2) is 0 Å². The van der Waals surface area contributed by atoms with Crippen LogP contribution in [0, 0.1) is 11.7 Å². The summed E-state index contributed by atoms with van der Waals surface area (Å²) in [6, 6.07) is 7.63. The number of hydrogen-bond acceptors (Lipinski definition) is 4. The first-order valence-corrected chi connectivity index (χ1v) is 10.8. The summed E-state index contributed by atoms with van der Waals surface area (Å²) in [7, 11) is 0. The molecule has 28 heavy (non-hydrogen) atoms. The Morgan fingerprint density at radius 1 is 1.04 bits per heavy atom. The predicted molar refractivity (Wildman–Crippen MR) is 106 cm³/mol. The molecule has 0 saturated carbocycles. The fourth-order valence-electron chi connectivity index (χ4n) is 4.89. The van der Waals surface area contributed by atoms with E-state index in [0.29, 0.717) is 31.7 Å². The maximum atomic E-state index is 13.9. The normalized spacial score (nSPS) is 25.8. The maximum Gasteiger partial charge on any atom is 0.227 e. The van der Waals surface area contributed by atoms with E-state index in [0.717, 1.165) is 70.5 Å². The zero-order valence-corrected chi connectivity index (χ0v) is 16.7. The van der Waals surface area contributed by atoms with E-state index in [1.165, 1.54) is 0 Å². The fourth-order valence-corrected chi connectivity index (χ4v) is 4.89. The van der Waals surface area contributed by atoms with Gasteiger partial charge in [-0.15, -0.1) is 0 Å². The second-order valence-electron chi connectivity index (χ2n) is 8.37. The Bertz CT molecular complexity index is 657. The SMILES string of the molecule is O=C([C@H]1CCCN(C2CCN(Cc3ccccc3F)CC2)C1)N1CCOCC1. The van der Waals surface area contributed by atoms with Crippen molar-refractivity contribution < 1.29 is 13.9 Å². The summed E-state index contributed by atoms with van der Waals surface area (Å²) in [6.07, 6.45) is 4.33. The first-order valence-electron chi connectivity index (χ1n) is 10.8. The van der Waals surface area contributed by atoms with Gasteiger partial charge in [-0.1, -0.05) is 18.2 Å². The first kappa shape index (κ1) is 19.8. The molecular weight excluding hydrogens is 357 g/mol. The second-order valence-corrected chi connectivity index (χ2v) is 8.37. The third-order valence-electron chi connectivity index (χ3n) is 6.55. The Kier molecular flexibility index (Phi) is 6.60. The minimum Gasteiger partial charge on any atom is -0.378 e. The Labute approximate surface area is 167 Å². The Morgan fingerprint density at radius 2 is 1.79 bits per heavy atom. The van der Waals surface area contributed by atoms with Crippen molar-refractivity contribution >= 4 is 5.91 Å². The van der Waals surface area contributed by atoms with E-state index in [-0.39, 0.29) is 11.7 Å². The van der Waals surface area contributed by atoms with E-state index in [1.807, 2.05) is 17.0 Å². The number of piperidine rings is 2.